The van der Waals surface area contributed by atoms with Gasteiger partial charge in [-0.1, -0.05) is 23.7 Å². The predicted molar refractivity (Wildman–Crippen MR) is 120 cm³/mol. The van der Waals surface area contributed by atoms with Crippen molar-refractivity contribution >= 4 is 17.4 Å². The molecule has 0 aromatic heterocycles. The number of phenols is 1. The van der Waals surface area contributed by atoms with Crippen LogP contribution in [0.4, 0.5) is 0 Å². The van der Waals surface area contributed by atoms with Crippen molar-refractivity contribution in [1.29, 1.82) is 0 Å². The Morgan fingerprint density at radius 2 is 1.77 bits per heavy atom. The maximum absolute atomic E-state index is 11.2. The first kappa shape index (κ1) is 19.1. The summed E-state index contributed by atoms with van der Waals surface area (Å²) in [6.45, 7) is 0. The van der Waals surface area contributed by atoms with Crippen molar-refractivity contribution in [2.75, 3.05) is 7.11 Å². The first-order valence-electron chi connectivity index (χ1n) is 10.3. The molecule has 1 unspecified atom stereocenters. The molecule has 1 N–H and O–H groups in total. The number of fused-ring (bicyclic) bond motifs is 2. The SMILES string of the molecule is COc1ccc(C2=CC(c3ccc4c(c3O)CCCC4)c3cc(Cl)ccc3O2)cc1. The average Bonchev–Trinajstić information content (AvgIpc) is 2.79. The molecule has 1 aliphatic heterocycles. The highest BCUT2D eigenvalue weighted by atomic mass is 35.5. The first-order valence-corrected chi connectivity index (χ1v) is 10.7. The van der Waals surface area contributed by atoms with Gasteiger partial charge in [0.2, 0.25) is 0 Å². The van der Waals surface area contributed by atoms with Gasteiger partial charge in [0, 0.05) is 27.6 Å². The van der Waals surface area contributed by atoms with Gasteiger partial charge in [-0.25, -0.2) is 0 Å². The van der Waals surface area contributed by atoms with Gasteiger partial charge in [-0.3, -0.25) is 0 Å². The third kappa shape index (κ3) is 3.33. The minimum atomic E-state index is -0.142. The Morgan fingerprint density at radius 3 is 2.57 bits per heavy atom. The molecule has 2 aliphatic rings. The number of ether oxygens (including phenoxy) is 2. The van der Waals surface area contributed by atoms with E-state index < -0.39 is 0 Å². The summed E-state index contributed by atoms with van der Waals surface area (Å²) in [6, 6.07) is 17.7. The van der Waals surface area contributed by atoms with E-state index in [0.717, 1.165) is 58.8 Å². The fourth-order valence-corrected chi connectivity index (χ4v) is 4.67. The third-order valence-electron chi connectivity index (χ3n) is 6.09. The predicted octanol–water partition coefficient (Wildman–Crippen LogP) is 6.50. The Hall–Kier alpha value is -2.91. The van der Waals surface area contributed by atoms with Gasteiger partial charge in [-0.05, 0) is 85.4 Å². The lowest BCUT2D eigenvalue weighted by atomic mass is 9.82. The lowest BCUT2D eigenvalue weighted by Crippen LogP contribution is -2.12. The van der Waals surface area contributed by atoms with Crippen molar-refractivity contribution in [2.45, 2.75) is 31.6 Å². The quantitative estimate of drug-likeness (QED) is 0.527. The fraction of sp³-hybridized carbons (Fsp3) is 0.231. The Kier molecular flexibility index (Phi) is 4.92. The van der Waals surface area contributed by atoms with Crippen LogP contribution in [0.25, 0.3) is 5.76 Å². The number of allylic oxidation sites excluding steroid dienone is 1. The van der Waals surface area contributed by atoms with Crippen LogP contribution in [0.1, 0.15) is 46.6 Å². The van der Waals surface area contributed by atoms with Gasteiger partial charge >= 0.3 is 0 Å². The largest absolute Gasteiger partial charge is 0.507 e. The monoisotopic (exact) mass is 418 g/mol. The van der Waals surface area contributed by atoms with Crippen molar-refractivity contribution in [1.82, 2.24) is 0 Å². The molecule has 5 rings (SSSR count). The van der Waals surface area contributed by atoms with E-state index >= 15 is 0 Å². The van der Waals surface area contributed by atoms with E-state index in [4.69, 9.17) is 21.1 Å². The van der Waals surface area contributed by atoms with Gasteiger partial charge < -0.3 is 14.6 Å². The number of aryl methyl sites for hydroxylation is 1. The molecule has 0 spiro atoms. The smallest absolute Gasteiger partial charge is 0.131 e. The van der Waals surface area contributed by atoms with Gasteiger partial charge in [-0.15, -0.1) is 0 Å². The second-order valence-electron chi connectivity index (χ2n) is 7.87. The van der Waals surface area contributed by atoms with E-state index in [0.29, 0.717) is 10.8 Å². The molecule has 3 nitrogen and oxygen atoms in total. The van der Waals surface area contributed by atoms with Crippen LogP contribution in [0.15, 0.2) is 60.7 Å². The molecule has 30 heavy (non-hydrogen) atoms. The number of rotatable bonds is 3. The summed E-state index contributed by atoms with van der Waals surface area (Å²) in [6.07, 6.45) is 6.34. The van der Waals surface area contributed by atoms with Crippen LogP contribution in [0.2, 0.25) is 5.02 Å². The molecule has 1 aliphatic carbocycles. The minimum absolute atomic E-state index is 0.142. The minimum Gasteiger partial charge on any atom is -0.507 e. The van der Waals surface area contributed by atoms with Crippen molar-refractivity contribution in [3.8, 4) is 17.2 Å². The van der Waals surface area contributed by atoms with E-state index in [1.54, 1.807) is 7.11 Å². The highest BCUT2D eigenvalue weighted by Gasteiger charge is 2.28. The van der Waals surface area contributed by atoms with E-state index in [9.17, 15) is 5.11 Å². The molecule has 0 amide bonds. The number of methoxy groups -OCH3 is 1. The Bertz CT molecular complexity index is 1130. The van der Waals surface area contributed by atoms with E-state index in [-0.39, 0.29) is 5.92 Å². The molecule has 1 heterocycles. The number of aromatic hydroxyl groups is 1. The number of hydrogen-bond acceptors (Lipinski definition) is 3. The topological polar surface area (TPSA) is 38.7 Å². The van der Waals surface area contributed by atoms with Crippen LogP contribution >= 0.6 is 11.6 Å². The summed E-state index contributed by atoms with van der Waals surface area (Å²) in [5.41, 5.74) is 5.17. The van der Waals surface area contributed by atoms with Crippen LogP contribution in [0.3, 0.4) is 0 Å². The molecule has 3 aromatic rings. The highest BCUT2D eigenvalue weighted by molar-refractivity contribution is 6.30. The summed E-state index contributed by atoms with van der Waals surface area (Å²) in [7, 11) is 1.65. The zero-order valence-corrected chi connectivity index (χ0v) is 17.6. The first-order chi connectivity index (χ1) is 14.6. The van der Waals surface area contributed by atoms with Crippen molar-refractivity contribution in [3.63, 3.8) is 0 Å². The van der Waals surface area contributed by atoms with Crippen molar-refractivity contribution in [3.05, 3.63) is 93.5 Å². The summed E-state index contributed by atoms with van der Waals surface area (Å²) >= 11 is 6.32. The normalized spacial score (nSPS) is 17.4. The number of benzene rings is 3. The molecule has 0 saturated heterocycles. The highest BCUT2D eigenvalue weighted by Crippen LogP contribution is 2.46. The zero-order valence-electron chi connectivity index (χ0n) is 16.8. The molecule has 3 aromatic carbocycles. The summed E-state index contributed by atoms with van der Waals surface area (Å²) < 4.78 is 11.5. The maximum Gasteiger partial charge on any atom is 0.131 e. The second-order valence-corrected chi connectivity index (χ2v) is 8.31. The number of hydrogen-bond donors (Lipinski definition) is 1. The summed E-state index contributed by atoms with van der Waals surface area (Å²) in [5.74, 6) is 2.59. The van der Waals surface area contributed by atoms with Crippen molar-refractivity contribution < 1.29 is 14.6 Å². The average molecular weight is 419 g/mol. The van der Waals surface area contributed by atoms with E-state index in [1.807, 2.05) is 42.5 Å². The lowest BCUT2D eigenvalue weighted by Gasteiger charge is -2.28. The van der Waals surface area contributed by atoms with Crippen LogP contribution in [-0.2, 0) is 12.8 Å². The third-order valence-corrected chi connectivity index (χ3v) is 6.32. The van der Waals surface area contributed by atoms with Crippen LogP contribution in [0, 0.1) is 0 Å². The van der Waals surface area contributed by atoms with Gasteiger partial charge in [0.25, 0.3) is 0 Å². The molecule has 0 saturated carbocycles. The van der Waals surface area contributed by atoms with Gasteiger partial charge in [0.1, 0.15) is 23.0 Å². The van der Waals surface area contributed by atoms with E-state index in [1.165, 1.54) is 12.0 Å². The molecule has 0 radical (unpaired) electrons. The summed E-state index contributed by atoms with van der Waals surface area (Å²) in [5, 5.41) is 11.8. The van der Waals surface area contributed by atoms with Gasteiger partial charge in [-0.2, -0.15) is 0 Å². The zero-order chi connectivity index (χ0) is 20.7. The molecule has 152 valence electrons. The number of phenolic OH excluding ortho intramolecular Hbond substituents is 1. The Labute approximate surface area is 181 Å². The van der Waals surface area contributed by atoms with Gasteiger partial charge in [0.15, 0.2) is 0 Å². The number of halogens is 1. The van der Waals surface area contributed by atoms with Crippen LogP contribution < -0.4 is 9.47 Å². The standard InChI is InChI=1S/C26H23ClO3/c1-29-19-10-6-17(7-11-19)25-15-22(23-14-18(27)9-13-24(23)30-25)21-12-8-16-4-2-3-5-20(16)26(21)28/h6-15,22,28H,2-5H2,1H3. The Balaban J connectivity index is 1.64. The molecular formula is C26H23ClO3. The second kappa shape index (κ2) is 7.73. The molecule has 4 heteroatoms. The molecule has 1 atom stereocenters. The molecule has 0 fully saturated rings. The van der Waals surface area contributed by atoms with Crippen molar-refractivity contribution in [2.24, 2.45) is 0 Å². The fourth-order valence-electron chi connectivity index (χ4n) is 4.49. The Morgan fingerprint density at radius 1 is 0.967 bits per heavy atom. The van der Waals surface area contributed by atoms with E-state index in [2.05, 4.69) is 18.2 Å². The molecular weight excluding hydrogens is 396 g/mol. The van der Waals surface area contributed by atoms with Gasteiger partial charge in [0.05, 0.1) is 7.11 Å². The maximum atomic E-state index is 11.2. The van der Waals surface area contributed by atoms with Crippen LogP contribution in [0.5, 0.6) is 17.2 Å². The van der Waals surface area contributed by atoms with Crippen LogP contribution in [-0.4, -0.2) is 12.2 Å². The summed E-state index contributed by atoms with van der Waals surface area (Å²) in [4.78, 5) is 0. The lowest BCUT2D eigenvalue weighted by molar-refractivity contribution is 0.414. The molecule has 0 bridgehead atoms.